The maximum Gasteiger partial charge on any atom is 0.252 e. The van der Waals surface area contributed by atoms with Crippen LogP contribution in [0.5, 0.6) is 0 Å². The quantitative estimate of drug-likeness (QED) is 0.931. The molecule has 0 bridgehead atoms. The lowest BCUT2D eigenvalue weighted by atomic mass is 10.1. The van der Waals surface area contributed by atoms with E-state index in [1.807, 2.05) is 32.0 Å². The summed E-state index contributed by atoms with van der Waals surface area (Å²) in [5, 5.41) is 11.6. The Balaban J connectivity index is 2.00. The Labute approximate surface area is 116 Å². The van der Waals surface area contributed by atoms with Crippen LogP contribution in [0, 0.1) is 25.2 Å². The molecule has 0 spiro atoms. The first kappa shape index (κ1) is 13.3. The van der Waals surface area contributed by atoms with Crippen molar-refractivity contribution in [3.63, 3.8) is 0 Å². The molecule has 1 heterocycles. The van der Waals surface area contributed by atoms with E-state index >= 15 is 0 Å². The predicted molar refractivity (Wildman–Crippen MR) is 76.1 cm³/mol. The summed E-state index contributed by atoms with van der Waals surface area (Å²) in [6.45, 7) is 4.42. The van der Waals surface area contributed by atoms with E-state index in [0.29, 0.717) is 12.1 Å². The normalized spacial score (nSPS) is 9.95. The summed E-state index contributed by atoms with van der Waals surface area (Å²) >= 11 is 1.63. The van der Waals surface area contributed by atoms with Gasteiger partial charge in [-0.2, -0.15) is 5.26 Å². The average Bonchev–Trinajstić information content (AvgIpc) is 2.75. The van der Waals surface area contributed by atoms with Crippen LogP contribution >= 0.6 is 11.3 Å². The fourth-order valence-electron chi connectivity index (χ4n) is 1.83. The summed E-state index contributed by atoms with van der Waals surface area (Å²) in [6.07, 6.45) is 0. The maximum absolute atomic E-state index is 12.0. The van der Waals surface area contributed by atoms with Crippen LogP contribution in [-0.4, -0.2) is 5.91 Å². The van der Waals surface area contributed by atoms with Crippen LogP contribution in [0.4, 0.5) is 0 Å². The molecule has 0 atom stereocenters. The number of nitrogens with zero attached hydrogens (tertiary/aromatic N) is 1. The Morgan fingerprint density at radius 3 is 2.53 bits per heavy atom. The van der Waals surface area contributed by atoms with E-state index in [1.165, 1.54) is 0 Å². The highest BCUT2D eigenvalue weighted by Gasteiger charge is 2.11. The molecule has 0 unspecified atom stereocenters. The van der Waals surface area contributed by atoms with Crippen molar-refractivity contribution in [3.8, 4) is 6.07 Å². The Morgan fingerprint density at radius 2 is 2.00 bits per heavy atom. The molecule has 1 amide bonds. The summed E-state index contributed by atoms with van der Waals surface area (Å²) in [5.74, 6) is -0.0498. The van der Waals surface area contributed by atoms with E-state index in [-0.39, 0.29) is 5.91 Å². The van der Waals surface area contributed by atoms with Gasteiger partial charge in [-0.05, 0) is 37.6 Å². The molecule has 1 aromatic heterocycles. The highest BCUT2D eigenvalue weighted by Crippen LogP contribution is 2.20. The van der Waals surface area contributed by atoms with E-state index in [9.17, 15) is 4.79 Å². The van der Waals surface area contributed by atoms with Gasteiger partial charge in [0.15, 0.2) is 0 Å². The lowest BCUT2D eigenvalue weighted by Gasteiger charge is -2.05. The van der Waals surface area contributed by atoms with Gasteiger partial charge in [-0.15, -0.1) is 11.3 Å². The highest BCUT2D eigenvalue weighted by atomic mass is 32.1. The molecule has 3 nitrogen and oxygen atoms in total. The summed E-state index contributed by atoms with van der Waals surface area (Å²) < 4.78 is 0. The fourth-order valence-corrected chi connectivity index (χ4v) is 2.75. The van der Waals surface area contributed by atoms with Crippen LogP contribution < -0.4 is 5.32 Å². The topological polar surface area (TPSA) is 52.9 Å². The van der Waals surface area contributed by atoms with Gasteiger partial charge < -0.3 is 5.32 Å². The van der Waals surface area contributed by atoms with Gasteiger partial charge in [0.1, 0.15) is 0 Å². The Bertz CT molecular complexity index is 635. The third kappa shape index (κ3) is 3.21. The molecule has 4 heteroatoms. The summed E-state index contributed by atoms with van der Waals surface area (Å²) in [4.78, 5) is 14.2. The highest BCUT2D eigenvalue weighted by molar-refractivity contribution is 7.12. The molecular weight excluding hydrogens is 256 g/mol. The van der Waals surface area contributed by atoms with E-state index in [4.69, 9.17) is 5.26 Å². The number of aryl methyl sites for hydroxylation is 2. The maximum atomic E-state index is 12.0. The lowest BCUT2D eigenvalue weighted by Crippen LogP contribution is -2.22. The van der Waals surface area contributed by atoms with Gasteiger partial charge in [-0.3, -0.25) is 4.79 Å². The molecule has 0 aliphatic carbocycles. The first-order chi connectivity index (χ1) is 9.10. The van der Waals surface area contributed by atoms with Crippen molar-refractivity contribution in [3.05, 3.63) is 56.8 Å². The van der Waals surface area contributed by atoms with Crippen molar-refractivity contribution in [2.45, 2.75) is 20.4 Å². The number of nitrogens with one attached hydrogen (secondary N) is 1. The lowest BCUT2D eigenvalue weighted by molar-refractivity contribution is 0.0951. The van der Waals surface area contributed by atoms with Gasteiger partial charge in [0, 0.05) is 16.3 Å². The van der Waals surface area contributed by atoms with Crippen LogP contribution in [0.1, 0.15) is 31.2 Å². The third-order valence-electron chi connectivity index (χ3n) is 2.82. The zero-order valence-electron chi connectivity index (χ0n) is 10.9. The van der Waals surface area contributed by atoms with Crippen molar-refractivity contribution in [2.24, 2.45) is 0 Å². The van der Waals surface area contributed by atoms with Crippen molar-refractivity contribution >= 4 is 17.2 Å². The first-order valence-electron chi connectivity index (χ1n) is 5.94. The van der Waals surface area contributed by atoms with Crippen LogP contribution in [0.2, 0.25) is 0 Å². The Morgan fingerprint density at radius 1 is 1.32 bits per heavy atom. The second kappa shape index (κ2) is 5.68. The number of thiophene rings is 1. The van der Waals surface area contributed by atoms with Crippen LogP contribution in [0.15, 0.2) is 30.3 Å². The number of amides is 1. The smallest absolute Gasteiger partial charge is 0.252 e. The molecule has 0 aliphatic heterocycles. The van der Waals surface area contributed by atoms with Gasteiger partial charge in [-0.25, -0.2) is 0 Å². The standard InChI is InChI=1S/C15H14N2OS/c1-10-7-14(11(2)19-10)15(18)17-9-13-5-3-12(8-16)4-6-13/h3-7H,9H2,1-2H3,(H,17,18). The zero-order valence-corrected chi connectivity index (χ0v) is 11.7. The molecule has 0 radical (unpaired) electrons. The number of rotatable bonds is 3. The molecule has 1 aromatic carbocycles. The van der Waals surface area contributed by atoms with Crippen molar-refractivity contribution < 1.29 is 4.79 Å². The molecule has 0 saturated heterocycles. The van der Waals surface area contributed by atoms with E-state index in [1.54, 1.807) is 23.5 Å². The monoisotopic (exact) mass is 270 g/mol. The number of benzene rings is 1. The van der Waals surface area contributed by atoms with Gasteiger partial charge in [0.2, 0.25) is 0 Å². The van der Waals surface area contributed by atoms with Crippen molar-refractivity contribution in [1.29, 1.82) is 5.26 Å². The number of nitriles is 1. The van der Waals surface area contributed by atoms with E-state index in [2.05, 4.69) is 11.4 Å². The summed E-state index contributed by atoms with van der Waals surface area (Å²) in [6, 6.07) is 11.2. The van der Waals surface area contributed by atoms with Crippen molar-refractivity contribution in [2.75, 3.05) is 0 Å². The van der Waals surface area contributed by atoms with Gasteiger partial charge in [0.05, 0.1) is 17.2 Å². The molecule has 96 valence electrons. The van der Waals surface area contributed by atoms with Gasteiger partial charge in [-0.1, -0.05) is 12.1 Å². The number of hydrogen-bond acceptors (Lipinski definition) is 3. The zero-order chi connectivity index (χ0) is 13.8. The van der Waals surface area contributed by atoms with Gasteiger partial charge >= 0.3 is 0 Å². The number of carbonyl (C=O) groups is 1. The predicted octanol–water partition coefficient (Wildman–Crippen LogP) is 3.17. The SMILES string of the molecule is Cc1cc(C(=O)NCc2ccc(C#N)cc2)c(C)s1. The van der Waals surface area contributed by atoms with Crippen molar-refractivity contribution in [1.82, 2.24) is 5.32 Å². The Kier molecular flexibility index (Phi) is 3.98. The van der Waals surface area contributed by atoms with Gasteiger partial charge in [0.25, 0.3) is 5.91 Å². The molecule has 2 aromatic rings. The third-order valence-corrected chi connectivity index (χ3v) is 3.79. The molecule has 1 N–H and O–H groups in total. The number of carbonyl (C=O) groups excluding carboxylic acids is 1. The molecule has 0 aliphatic rings. The minimum Gasteiger partial charge on any atom is -0.348 e. The molecule has 0 saturated carbocycles. The Hall–Kier alpha value is -2.12. The molecule has 2 rings (SSSR count). The fraction of sp³-hybridized carbons (Fsp3) is 0.200. The molecule has 19 heavy (non-hydrogen) atoms. The average molecular weight is 270 g/mol. The van der Waals surface area contributed by atoms with Crippen LogP contribution in [0.25, 0.3) is 0 Å². The van der Waals surface area contributed by atoms with Crippen LogP contribution in [-0.2, 0) is 6.54 Å². The van der Waals surface area contributed by atoms with Crippen LogP contribution in [0.3, 0.4) is 0 Å². The largest absolute Gasteiger partial charge is 0.348 e. The number of hydrogen-bond donors (Lipinski definition) is 1. The molecular formula is C15H14N2OS. The minimum atomic E-state index is -0.0498. The summed E-state index contributed by atoms with van der Waals surface area (Å²) in [5.41, 5.74) is 2.35. The summed E-state index contributed by atoms with van der Waals surface area (Å²) in [7, 11) is 0. The van der Waals surface area contributed by atoms with E-state index < -0.39 is 0 Å². The van der Waals surface area contributed by atoms with E-state index in [0.717, 1.165) is 20.9 Å². The minimum absolute atomic E-state index is 0.0498. The first-order valence-corrected chi connectivity index (χ1v) is 6.76. The second-order valence-corrected chi connectivity index (χ2v) is 5.78. The second-order valence-electron chi connectivity index (χ2n) is 4.32. The molecule has 0 fully saturated rings.